The first kappa shape index (κ1) is 12.6. The number of carbonyl (C=O) groups excluding carboxylic acids is 1. The molecule has 1 heterocycles. The van der Waals surface area contributed by atoms with E-state index in [9.17, 15) is 4.79 Å². The van der Waals surface area contributed by atoms with Gasteiger partial charge in [-0.2, -0.15) is 0 Å². The molecule has 0 aliphatic rings. The Morgan fingerprint density at radius 1 is 1.33 bits per heavy atom. The summed E-state index contributed by atoms with van der Waals surface area (Å²) in [5.41, 5.74) is 6.88. The lowest BCUT2D eigenvalue weighted by Gasteiger charge is -2.11. The van der Waals surface area contributed by atoms with Crippen molar-refractivity contribution in [1.82, 2.24) is 0 Å². The van der Waals surface area contributed by atoms with E-state index in [1.54, 1.807) is 18.2 Å². The standard InChI is InChI=1S/C14H15NO2S/c1-3-17-14-10(5-4-6-11(14)15)13(16)12-8-7-9(2)18-12/h4-8H,3,15H2,1-2H3. The Balaban J connectivity index is 2.44. The minimum atomic E-state index is -0.0381. The topological polar surface area (TPSA) is 52.3 Å². The normalized spacial score (nSPS) is 10.3. The fourth-order valence-electron chi connectivity index (χ4n) is 1.73. The van der Waals surface area contributed by atoms with Crippen molar-refractivity contribution in [2.45, 2.75) is 13.8 Å². The number of carbonyl (C=O) groups is 1. The van der Waals surface area contributed by atoms with Gasteiger partial charge in [-0.25, -0.2) is 0 Å². The summed E-state index contributed by atoms with van der Waals surface area (Å²) in [5.74, 6) is 0.444. The molecule has 2 rings (SSSR count). The van der Waals surface area contributed by atoms with Crippen LogP contribution in [0.4, 0.5) is 5.69 Å². The van der Waals surface area contributed by atoms with Gasteiger partial charge in [-0.05, 0) is 38.1 Å². The number of ketones is 1. The molecule has 2 aromatic rings. The van der Waals surface area contributed by atoms with Gasteiger partial charge in [0.2, 0.25) is 5.78 Å². The second-order valence-electron chi connectivity index (χ2n) is 3.90. The molecule has 0 spiro atoms. The van der Waals surface area contributed by atoms with E-state index in [0.717, 1.165) is 4.88 Å². The van der Waals surface area contributed by atoms with Crippen molar-refractivity contribution in [3.8, 4) is 5.75 Å². The molecule has 0 saturated heterocycles. The highest BCUT2D eigenvalue weighted by atomic mass is 32.1. The number of rotatable bonds is 4. The maximum atomic E-state index is 12.4. The molecule has 18 heavy (non-hydrogen) atoms. The minimum absolute atomic E-state index is 0.0381. The largest absolute Gasteiger partial charge is 0.491 e. The number of ether oxygens (including phenoxy) is 1. The van der Waals surface area contributed by atoms with E-state index in [-0.39, 0.29) is 5.78 Å². The van der Waals surface area contributed by atoms with Crippen LogP contribution in [0.2, 0.25) is 0 Å². The number of nitrogens with two attached hydrogens (primary N) is 1. The molecule has 0 radical (unpaired) electrons. The molecule has 0 bridgehead atoms. The van der Waals surface area contributed by atoms with Crippen LogP contribution in [0.5, 0.6) is 5.75 Å². The van der Waals surface area contributed by atoms with Gasteiger partial charge < -0.3 is 10.5 Å². The highest BCUT2D eigenvalue weighted by molar-refractivity contribution is 7.14. The van der Waals surface area contributed by atoms with Crippen molar-refractivity contribution in [2.75, 3.05) is 12.3 Å². The maximum absolute atomic E-state index is 12.4. The quantitative estimate of drug-likeness (QED) is 0.679. The average molecular weight is 261 g/mol. The van der Waals surface area contributed by atoms with Crippen LogP contribution < -0.4 is 10.5 Å². The summed E-state index contributed by atoms with van der Waals surface area (Å²) in [6.45, 7) is 4.33. The third-order valence-electron chi connectivity index (χ3n) is 2.54. The van der Waals surface area contributed by atoms with E-state index < -0.39 is 0 Å². The second-order valence-corrected chi connectivity index (χ2v) is 5.18. The number of thiophene rings is 1. The summed E-state index contributed by atoms with van der Waals surface area (Å²) < 4.78 is 5.48. The number of nitrogen functional groups attached to an aromatic ring is 1. The van der Waals surface area contributed by atoms with Gasteiger partial charge in [-0.15, -0.1) is 11.3 Å². The van der Waals surface area contributed by atoms with Gasteiger partial charge in [0, 0.05) is 4.88 Å². The van der Waals surface area contributed by atoms with Gasteiger partial charge in [-0.1, -0.05) is 6.07 Å². The number of para-hydroxylation sites is 1. The van der Waals surface area contributed by atoms with Crippen molar-refractivity contribution in [1.29, 1.82) is 0 Å². The summed E-state index contributed by atoms with van der Waals surface area (Å²) >= 11 is 1.48. The van der Waals surface area contributed by atoms with E-state index in [1.165, 1.54) is 11.3 Å². The Labute approximate surface area is 110 Å². The SMILES string of the molecule is CCOc1c(N)cccc1C(=O)c1ccc(C)s1. The zero-order valence-electron chi connectivity index (χ0n) is 10.4. The summed E-state index contributed by atoms with van der Waals surface area (Å²) in [5, 5.41) is 0. The number of hydrogen-bond donors (Lipinski definition) is 1. The summed E-state index contributed by atoms with van der Waals surface area (Å²) in [4.78, 5) is 14.2. The molecule has 4 heteroatoms. The first-order chi connectivity index (χ1) is 8.63. The Hall–Kier alpha value is -1.81. The lowest BCUT2D eigenvalue weighted by Crippen LogP contribution is -2.06. The van der Waals surface area contributed by atoms with E-state index in [4.69, 9.17) is 10.5 Å². The Kier molecular flexibility index (Phi) is 3.67. The molecule has 1 aromatic carbocycles. The zero-order chi connectivity index (χ0) is 13.1. The molecule has 94 valence electrons. The molecule has 0 aliphatic carbocycles. The maximum Gasteiger partial charge on any atom is 0.206 e. The van der Waals surface area contributed by atoms with Crippen LogP contribution in [0.3, 0.4) is 0 Å². The summed E-state index contributed by atoms with van der Waals surface area (Å²) in [6, 6.07) is 9.03. The Morgan fingerprint density at radius 3 is 2.72 bits per heavy atom. The lowest BCUT2D eigenvalue weighted by molar-refractivity contribution is 0.103. The van der Waals surface area contributed by atoms with E-state index in [1.807, 2.05) is 26.0 Å². The molecule has 0 atom stereocenters. The molecule has 0 saturated carbocycles. The fraction of sp³-hybridized carbons (Fsp3) is 0.214. The summed E-state index contributed by atoms with van der Waals surface area (Å²) in [7, 11) is 0. The number of hydrogen-bond acceptors (Lipinski definition) is 4. The predicted molar refractivity (Wildman–Crippen MR) is 74.5 cm³/mol. The molecule has 0 unspecified atom stereocenters. The van der Waals surface area contributed by atoms with Crippen molar-refractivity contribution in [2.24, 2.45) is 0 Å². The average Bonchev–Trinajstić information content (AvgIpc) is 2.78. The van der Waals surface area contributed by atoms with Gasteiger partial charge >= 0.3 is 0 Å². The molecular formula is C14H15NO2S. The van der Waals surface area contributed by atoms with Gasteiger partial charge in [0.1, 0.15) is 0 Å². The molecule has 0 aliphatic heterocycles. The molecule has 3 nitrogen and oxygen atoms in total. The zero-order valence-corrected chi connectivity index (χ0v) is 11.2. The number of benzene rings is 1. The van der Waals surface area contributed by atoms with Crippen molar-refractivity contribution in [3.05, 3.63) is 45.6 Å². The van der Waals surface area contributed by atoms with Crippen LogP contribution in [-0.4, -0.2) is 12.4 Å². The Morgan fingerprint density at radius 2 is 2.11 bits per heavy atom. The van der Waals surface area contributed by atoms with Crippen LogP contribution >= 0.6 is 11.3 Å². The molecule has 0 amide bonds. The van der Waals surface area contributed by atoms with Crippen molar-refractivity contribution in [3.63, 3.8) is 0 Å². The van der Waals surface area contributed by atoms with E-state index >= 15 is 0 Å². The molecular weight excluding hydrogens is 246 g/mol. The monoisotopic (exact) mass is 261 g/mol. The number of anilines is 1. The van der Waals surface area contributed by atoms with Gasteiger partial charge in [0.15, 0.2) is 5.75 Å². The third kappa shape index (κ3) is 2.38. The number of aryl methyl sites for hydroxylation is 1. The predicted octanol–water partition coefficient (Wildman–Crippen LogP) is 3.27. The van der Waals surface area contributed by atoms with Crippen LogP contribution in [0.1, 0.15) is 27.0 Å². The van der Waals surface area contributed by atoms with Crippen molar-refractivity contribution >= 4 is 22.8 Å². The second kappa shape index (κ2) is 5.23. The third-order valence-corrected chi connectivity index (χ3v) is 3.54. The van der Waals surface area contributed by atoms with Gasteiger partial charge in [0.05, 0.1) is 22.7 Å². The van der Waals surface area contributed by atoms with Crippen LogP contribution in [0.25, 0.3) is 0 Å². The van der Waals surface area contributed by atoms with Crippen LogP contribution in [-0.2, 0) is 0 Å². The summed E-state index contributed by atoms with van der Waals surface area (Å²) in [6.07, 6.45) is 0. The lowest BCUT2D eigenvalue weighted by atomic mass is 10.1. The van der Waals surface area contributed by atoms with Crippen LogP contribution in [0, 0.1) is 6.92 Å². The van der Waals surface area contributed by atoms with Crippen LogP contribution in [0.15, 0.2) is 30.3 Å². The van der Waals surface area contributed by atoms with E-state index in [0.29, 0.717) is 28.5 Å². The molecule has 0 fully saturated rings. The smallest absolute Gasteiger partial charge is 0.206 e. The highest BCUT2D eigenvalue weighted by Crippen LogP contribution is 2.30. The first-order valence-electron chi connectivity index (χ1n) is 5.76. The molecule has 1 aromatic heterocycles. The fourth-order valence-corrected chi connectivity index (χ4v) is 2.55. The van der Waals surface area contributed by atoms with Gasteiger partial charge in [0.25, 0.3) is 0 Å². The molecule has 2 N–H and O–H groups in total. The van der Waals surface area contributed by atoms with E-state index in [2.05, 4.69) is 0 Å². The Bertz CT molecular complexity index is 575. The van der Waals surface area contributed by atoms with Crippen molar-refractivity contribution < 1.29 is 9.53 Å². The minimum Gasteiger partial charge on any atom is -0.491 e. The van der Waals surface area contributed by atoms with Gasteiger partial charge in [-0.3, -0.25) is 4.79 Å². The first-order valence-corrected chi connectivity index (χ1v) is 6.57. The highest BCUT2D eigenvalue weighted by Gasteiger charge is 2.17.